The summed E-state index contributed by atoms with van der Waals surface area (Å²) in [5, 5.41) is 9.82. The molecule has 0 aliphatic heterocycles. The van der Waals surface area contributed by atoms with E-state index in [1.165, 1.54) is 12.1 Å². The lowest BCUT2D eigenvalue weighted by Crippen LogP contribution is -2.32. The van der Waals surface area contributed by atoms with E-state index in [0.29, 0.717) is 23.7 Å². The number of carbonyl (C=O) groups excluding carboxylic acids is 1. The maximum atomic E-state index is 13.1. The summed E-state index contributed by atoms with van der Waals surface area (Å²) in [4.78, 5) is 12.4. The SMILES string of the molecule is Cc1ccc(-c2cc(C(=O)NCC3(c4ccc(F)cc4)CC3)n[nH]2)o1. The van der Waals surface area contributed by atoms with Crippen molar-refractivity contribution >= 4 is 5.91 Å². The van der Waals surface area contributed by atoms with Gasteiger partial charge in [-0.1, -0.05) is 12.1 Å². The van der Waals surface area contributed by atoms with Gasteiger partial charge in [-0.15, -0.1) is 0 Å². The van der Waals surface area contributed by atoms with E-state index in [9.17, 15) is 9.18 Å². The number of halogens is 1. The first-order valence-corrected chi connectivity index (χ1v) is 8.22. The molecule has 1 amide bonds. The minimum absolute atomic E-state index is 0.0827. The predicted molar refractivity (Wildman–Crippen MR) is 90.7 cm³/mol. The molecule has 2 heterocycles. The van der Waals surface area contributed by atoms with Crippen LogP contribution in [0.1, 0.15) is 34.7 Å². The van der Waals surface area contributed by atoms with Gasteiger partial charge in [-0.05, 0) is 49.6 Å². The van der Waals surface area contributed by atoms with Gasteiger partial charge < -0.3 is 9.73 Å². The molecular weight excluding hydrogens is 321 g/mol. The smallest absolute Gasteiger partial charge is 0.271 e. The molecule has 0 unspecified atom stereocenters. The first-order chi connectivity index (χ1) is 12.1. The van der Waals surface area contributed by atoms with Crippen LogP contribution < -0.4 is 5.32 Å². The Kier molecular flexibility index (Phi) is 3.67. The largest absolute Gasteiger partial charge is 0.460 e. The fourth-order valence-corrected chi connectivity index (χ4v) is 3.01. The Labute approximate surface area is 144 Å². The Morgan fingerprint density at radius 2 is 2.04 bits per heavy atom. The Morgan fingerprint density at radius 1 is 1.28 bits per heavy atom. The number of aryl methyl sites for hydroxylation is 1. The molecule has 0 radical (unpaired) electrons. The van der Waals surface area contributed by atoms with Crippen molar-refractivity contribution in [1.29, 1.82) is 0 Å². The van der Waals surface area contributed by atoms with Crippen LogP contribution >= 0.6 is 0 Å². The van der Waals surface area contributed by atoms with E-state index in [0.717, 1.165) is 24.2 Å². The third-order valence-corrected chi connectivity index (χ3v) is 4.71. The first kappa shape index (κ1) is 15.6. The average molecular weight is 339 g/mol. The van der Waals surface area contributed by atoms with E-state index in [4.69, 9.17) is 4.42 Å². The average Bonchev–Trinajstić information content (AvgIpc) is 3.03. The van der Waals surface area contributed by atoms with Crippen molar-refractivity contribution < 1.29 is 13.6 Å². The third kappa shape index (κ3) is 3.07. The van der Waals surface area contributed by atoms with Crippen molar-refractivity contribution in [3.05, 3.63) is 65.3 Å². The highest BCUT2D eigenvalue weighted by atomic mass is 19.1. The second-order valence-corrected chi connectivity index (χ2v) is 6.55. The Morgan fingerprint density at radius 3 is 2.68 bits per heavy atom. The molecule has 3 aromatic rings. The number of hydrogen-bond donors (Lipinski definition) is 2. The van der Waals surface area contributed by atoms with Crippen LogP contribution in [-0.2, 0) is 5.41 Å². The number of rotatable bonds is 5. The summed E-state index contributed by atoms with van der Waals surface area (Å²) in [6, 6.07) is 11.9. The van der Waals surface area contributed by atoms with Crippen molar-refractivity contribution in [3.8, 4) is 11.5 Å². The highest BCUT2D eigenvalue weighted by Crippen LogP contribution is 2.47. The molecule has 0 bridgehead atoms. The monoisotopic (exact) mass is 339 g/mol. The van der Waals surface area contributed by atoms with Gasteiger partial charge in [0.25, 0.3) is 5.91 Å². The number of benzene rings is 1. The van der Waals surface area contributed by atoms with Gasteiger partial charge in [0, 0.05) is 18.0 Å². The zero-order valence-corrected chi connectivity index (χ0v) is 13.8. The fraction of sp³-hybridized carbons (Fsp3) is 0.263. The van der Waals surface area contributed by atoms with Crippen LogP contribution in [0, 0.1) is 12.7 Å². The number of H-pyrrole nitrogens is 1. The molecule has 25 heavy (non-hydrogen) atoms. The molecule has 5 nitrogen and oxygen atoms in total. The molecule has 1 aliphatic carbocycles. The Hall–Kier alpha value is -2.89. The summed E-state index contributed by atoms with van der Waals surface area (Å²) in [6.07, 6.45) is 1.97. The van der Waals surface area contributed by atoms with Crippen LogP contribution in [0.15, 0.2) is 46.9 Å². The second kappa shape index (κ2) is 5.88. The van der Waals surface area contributed by atoms with E-state index < -0.39 is 0 Å². The van der Waals surface area contributed by atoms with E-state index in [2.05, 4.69) is 15.5 Å². The zero-order chi connectivity index (χ0) is 17.4. The number of nitrogens with zero attached hydrogens (tertiary/aromatic N) is 1. The Balaban J connectivity index is 1.43. The standard InChI is InChI=1S/C19H18FN3O2/c1-12-2-7-17(25-12)15-10-16(23-22-15)18(24)21-11-19(8-9-19)13-3-5-14(20)6-4-13/h2-7,10H,8-9,11H2,1H3,(H,21,24)(H,22,23). The number of carbonyl (C=O) groups is 1. The third-order valence-electron chi connectivity index (χ3n) is 4.71. The van der Waals surface area contributed by atoms with E-state index >= 15 is 0 Å². The van der Waals surface area contributed by atoms with Gasteiger partial charge in [0.2, 0.25) is 0 Å². The normalized spacial score (nSPS) is 15.1. The minimum Gasteiger partial charge on any atom is -0.460 e. The van der Waals surface area contributed by atoms with Crippen LogP contribution in [-0.4, -0.2) is 22.6 Å². The number of aromatic nitrogens is 2. The van der Waals surface area contributed by atoms with Crippen LogP contribution in [0.3, 0.4) is 0 Å². The number of furan rings is 1. The number of nitrogens with one attached hydrogen (secondary N) is 2. The second-order valence-electron chi connectivity index (χ2n) is 6.55. The molecule has 0 saturated heterocycles. The fourth-order valence-electron chi connectivity index (χ4n) is 3.01. The summed E-state index contributed by atoms with van der Waals surface area (Å²) in [5.41, 5.74) is 1.96. The van der Waals surface area contributed by atoms with Gasteiger partial charge in [0.1, 0.15) is 17.3 Å². The molecular formula is C19H18FN3O2. The molecule has 128 valence electrons. The lowest BCUT2D eigenvalue weighted by Gasteiger charge is -2.16. The van der Waals surface area contributed by atoms with Crippen molar-refractivity contribution in [2.24, 2.45) is 0 Å². The molecule has 1 aliphatic rings. The van der Waals surface area contributed by atoms with Gasteiger partial charge in [-0.3, -0.25) is 9.89 Å². The summed E-state index contributed by atoms with van der Waals surface area (Å²) in [7, 11) is 0. The highest BCUT2D eigenvalue weighted by Gasteiger charge is 2.44. The molecule has 1 fully saturated rings. The summed E-state index contributed by atoms with van der Waals surface area (Å²) in [6.45, 7) is 2.37. The first-order valence-electron chi connectivity index (χ1n) is 8.22. The highest BCUT2D eigenvalue weighted by molar-refractivity contribution is 5.93. The van der Waals surface area contributed by atoms with E-state index in [-0.39, 0.29) is 17.1 Å². The van der Waals surface area contributed by atoms with Gasteiger partial charge in [0.15, 0.2) is 11.5 Å². The van der Waals surface area contributed by atoms with E-state index in [1.54, 1.807) is 18.2 Å². The van der Waals surface area contributed by atoms with Gasteiger partial charge in [0.05, 0.1) is 0 Å². The van der Waals surface area contributed by atoms with Crippen LogP contribution in [0.5, 0.6) is 0 Å². The predicted octanol–water partition coefficient (Wildman–Crippen LogP) is 3.58. The summed E-state index contributed by atoms with van der Waals surface area (Å²) >= 11 is 0. The van der Waals surface area contributed by atoms with Gasteiger partial charge in [-0.2, -0.15) is 5.10 Å². The van der Waals surface area contributed by atoms with E-state index in [1.807, 2.05) is 19.1 Å². The van der Waals surface area contributed by atoms with Gasteiger partial charge >= 0.3 is 0 Å². The summed E-state index contributed by atoms with van der Waals surface area (Å²) < 4.78 is 18.6. The lowest BCUT2D eigenvalue weighted by molar-refractivity contribution is 0.0944. The lowest BCUT2D eigenvalue weighted by atomic mass is 9.96. The van der Waals surface area contributed by atoms with Crippen molar-refractivity contribution in [3.63, 3.8) is 0 Å². The molecule has 2 N–H and O–H groups in total. The number of aromatic amines is 1. The van der Waals surface area contributed by atoms with Crippen LogP contribution in [0.2, 0.25) is 0 Å². The number of amides is 1. The Bertz CT molecular complexity index is 907. The molecule has 0 atom stereocenters. The summed E-state index contributed by atoms with van der Waals surface area (Å²) in [5.74, 6) is 0.958. The maximum absolute atomic E-state index is 13.1. The van der Waals surface area contributed by atoms with Crippen LogP contribution in [0.4, 0.5) is 4.39 Å². The topological polar surface area (TPSA) is 70.9 Å². The molecule has 1 aromatic carbocycles. The van der Waals surface area contributed by atoms with Crippen molar-refractivity contribution in [2.75, 3.05) is 6.54 Å². The molecule has 6 heteroatoms. The molecule has 4 rings (SSSR count). The molecule has 2 aromatic heterocycles. The molecule has 0 spiro atoms. The zero-order valence-electron chi connectivity index (χ0n) is 13.8. The van der Waals surface area contributed by atoms with Crippen molar-refractivity contribution in [1.82, 2.24) is 15.5 Å². The van der Waals surface area contributed by atoms with Crippen molar-refractivity contribution in [2.45, 2.75) is 25.2 Å². The number of hydrogen-bond acceptors (Lipinski definition) is 3. The molecule has 1 saturated carbocycles. The quantitative estimate of drug-likeness (QED) is 0.746. The van der Waals surface area contributed by atoms with Crippen LogP contribution in [0.25, 0.3) is 11.5 Å². The maximum Gasteiger partial charge on any atom is 0.271 e. The van der Waals surface area contributed by atoms with Gasteiger partial charge in [-0.25, -0.2) is 4.39 Å². The minimum atomic E-state index is -0.249.